The Morgan fingerprint density at radius 3 is 1.81 bits per heavy atom. The van der Waals surface area contributed by atoms with E-state index >= 15 is 0 Å². The fraction of sp³-hybridized carbons (Fsp3) is 0.155. The molecule has 0 spiro atoms. The molecule has 3 heterocycles. The number of rotatable bonds is 10. The van der Waals surface area contributed by atoms with Gasteiger partial charge in [0.1, 0.15) is 17.2 Å². The van der Waals surface area contributed by atoms with Crippen LogP contribution in [0.3, 0.4) is 0 Å². The summed E-state index contributed by atoms with van der Waals surface area (Å²) in [7, 11) is 0. The third kappa shape index (κ3) is 6.96. The van der Waals surface area contributed by atoms with Gasteiger partial charge in [0.05, 0.1) is 34.4 Å². The molecule has 0 atom stereocenters. The summed E-state index contributed by atoms with van der Waals surface area (Å²) >= 11 is 0. The molecule has 2 aromatic heterocycles. The van der Waals surface area contributed by atoms with Crippen LogP contribution in [-0.4, -0.2) is 20.0 Å². The minimum absolute atomic E-state index is 0.331. The summed E-state index contributed by atoms with van der Waals surface area (Å²) in [6, 6.07) is 62.3. The SMILES string of the molecule is Cc1cccc(C)c1-c1cc(Oc2cccc(C3(c4ccccn4)c4ccccc4N(c4ccccc4)c4ccccc43)c2)cc(-n2cc(-c3c(C(C)C)cccc3C(C)C)nn2)c1. The number of fused-ring (bicyclic) bond motifs is 2. The minimum Gasteiger partial charge on any atom is -0.457 e. The molecule has 64 heavy (non-hydrogen) atoms. The average Bonchev–Trinajstić information content (AvgIpc) is 3.81. The van der Waals surface area contributed by atoms with Crippen molar-refractivity contribution < 1.29 is 4.74 Å². The zero-order chi connectivity index (χ0) is 44.0. The van der Waals surface area contributed by atoms with Crippen LogP contribution < -0.4 is 9.64 Å². The van der Waals surface area contributed by atoms with Crippen LogP contribution in [0.4, 0.5) is 17.1 Å². The number of aromatic nitrogens is 4. The van der Waals surface area contributed by atoms with Gasteiger partial charge in [-0.15, -0.1) is 5.10 Å². The lowest BCUT2D eigenvalue weighted by atomic mass is 9.64. The number of aryl methyl sites for hydroxylation is 2. The Hall–Kier alpha value is -7.57. The maximum absolute atomic E-state index is 7.06. The first-order chi connectivity index (χ1) is 31.2. The van der Waals surface area contributed by atoms with E-state index in [1.165, 1.54) is 27.8 Å². The van der Waals surface area contributed by atoms with Crippen LogP contribution in [0.1, 0.15) is 84.2 Å². The number of benzene rings is 7. The molecule has 0 saturated carbocycles. The van der Waals surface area contributed by atoms with Gasteiger partial charge in [-0.1, -0.05) is 142 Å². The topological polar surface area (TPSA) is 56.1 Å². The van der Waals surface area contributed by atoms with E-state index in [2.05, 4.69) is 216 Å². The molecule has 7 aromatic carbocycles. The van der Waals surface area contributed by atoms with Gasteiger partial charge in [0.25, 0.3) is 0 Å². The molecule has 1 aliphatic heterocycles. The molecule has 0 aliphatic carbocycles. The van der Waals surface area contributed by atoms with Crippen molar-refractivity contribution in [1.29, 1.82) is 0 Å². The van der Waals surface area contributed by atoms with Gasteiger partial charge in [-0.3, -0.25) is 4.98 Å². The maximum atomic E-state index is 7.06. The van der Waals surface area contributed by atoms with Crippen LogP contribution in [0, 0.1) is 13.8 Å². The van der Waals surface area contributed by atoms with E-state index in [1.807, 2.05) is 23.0 Å². The summed E-state index contributed by atoms with van der Waals surface area (Å²) in [6.07, 6.45) is 3.96. The van der Waals surface area contributed by atoms with Gasteiger partial charge in [-0.2, -0.15) is 0 Å². The molecule has 0 fully saturated rings. The molecule has 6 heteroatoms. The summed E-state index contributed by atoms with van der Waals surface area (Å²) in [6.45, 7) is 13.3. The summed E-state index contributed by atoms with van der Waals surface area (Å²) in [5, 5.41) is 9.60. The van der Waals surface area contributed by atoms with E-state index in [0.717, 1.165) is 62.0 Å². The van der Waals surface area contributed by atoms with Crippen molar-refractivity contribution in [3.8, 4) is 39.6 Å². The first-order valence-corrected chi connectivity index (χ1v) is 22.2. The van der Waals surface area contributed by atoms with Gasteiger partial charge >= 0.3 is 0 Å². The molecule has 0 N–H and O–H groups in total. The predicted octanol–water partition coefficient (Wildman–Crippen LogP) is 14.8. The molecule has 0 bridgehead atoms. The third-order valence-corrected chi connectivity index (χ3v) is 12.7. The highest BCUT2D eigenvalue weighted by Crippen LogP contribution is 2.57. The van der Waals surface area contributed by atoms with Crippen LogP contribution in [0.5, 0.6) is 11.5 Å². The highest BCUT2D eigenvalue weighted by molar-refractivity contribution is 5.89. The second kappa shape index (κ2) is 16.6. The number of hydrogen-bond acceptors (Lipinski definition) is 5. The Morgan fingerprint density at radius 2 is 1.16 bits per heavy atom. The van der Waals surface area contributed by atoms with E-state index in [0.29, 0.717) is 23.3 Å². The Balaban J connectivity index is 1.13. The molecule has 6 nitrogen and oxygen atoms in total. The predicted molar refractivity (Wildman–Crippen MR) is 261 cm³/mol. The van der Waals surface area contributed by atoms with Crippen LogP contribution in [0.15, 0.2) is 188 Å². The second-order valence-corrected chi connectivity index (χ2v) is 17.5. The first kappa shape index (κ1) is 40.5. The molecular weight excluding hydrogens is 783 g/mol. The Bertz CT molecular complexity index is 3040. The minimum atomic E-state index is -0.775. The van der Waals surface area contributed by atoms with Crippen molar-refractivity contribution >= 4 is 17.1 Å². The summed E-state index contributed by atoms with van der Waals surface area (Å²) in [5.41, 5.74) is 16.8. The van der Waals surface area contributed by atoms with Crippen molar-refractivity contribution in [2.45, 2.75) is 58.8 Å². The zero-order valence-corrected chi connectivity index (χ0v) is 37.2. The average molecular weight is 834 g/mol. The fourth-order valence-corrected chi connectivity index (χ4v) is 9.89. The highest BCUT2D eigenvalue weighted by atomic mass is 16.5. The van der Waals surface area contributed by atoms with Gasteiger partial charge in [0.15, 0.2) is 0 Å². The van der Waals surface area contributed by atoms with Crippen molar-refractivity contribution in [3.63, 3.8) is 0 Å². The lowest BCUT2D eigenvalue weighted by Gasteiger charge is -2.45. The number of para-hydroxylation sites is 3. The van der Waals surface area contributed by atoms with Crippen molar-refractivity contribution in [3.05, 3.63) is 233 Å². The fourth-order valence-electron chi connectivity index (χ4n) is 9.89. The van der Waals surface area contributed by atoms with Crippen LogP contribution in [-0.2, 0) is 5.41 Å². The number of pyridine rings is 1. The second-order valence-electron chi connectivity index (χ2n) is 17.5. The normalized spacial score (nSPS) is 12.9. The Morgan fingerprint density at radius 1 is 0.531 bits per heavy atom. The van der Waals surface area contributed by atoms with E-state index in [1.54, 1.807) is 0 Å². The Labute approximate surface area is 376 Å². The number of hydrogen-bond donors (Lipinski definition) is 0. The maximum Gasteiger partial charge on any atom is 0.130 e. The van der Waals surface area contributed by atoms with Crippen molar-refractivity contribution in [1.82, 2.24) is 20.0 Å². The van der Waals surface area contributed by atoms with Gasteiger partial charge in [-0.05, 0) is 136 Å². The van der Waals surface area contributed by atoms with E-state index < -0.39 is 5.41 Å². The van der Waals surface area contributed by atoms with Crippen LogP contribution >= 0.6 is 0 Å². The summed E-state index contributed by atoms with van der Waals surface area (Å²) in [5.74, 6) is 2.07. The van der Waals surface area contributed by atoms with Gasteiger partial charge in [-0.25, -0.2) is 4.68 Å². The number of ether oxygens (including phenoxy) is 1. The van der Waals surface area contributed by atoms with E-state index in [9.17, 15) is 0 Å². The highest BCUT2D eigenvalue weighted by Gasteiger charge is 2.47. The lowest BCUT2D eigenvalue weighted by Crippen LogP contribution is -2.38. The monoisotopic (exact) mass is 833 g/mol. The van der Waals surface area contributed by atoms with Crippen molar-refractivity contribution in [2.75, 3.05) is 4.90 Å². The van der Waals surface area contributed by atoms with Crippen LogP contribution in [0.2, 0.25) is 0 Å². The molecule has 0 unspecified atom stereocenters. The molecule has 0 saturated heterocycles. The summed E-state index contributed by atoms with van der Waals surface area (Å²) < 4.78 is 8.95. The van der Waals surface area contributed by atoms with E-state index in [-0.39, 0.29) is 0 Å². The van der Waals surface area contributed by atoms with Gasteiger partial charge < -0.3 is 9.64 Å². The molecule has 9 aromatic rings. The smallest absolute Gasteiger partial charge is 0.130 e. The largest absolute Gasteiger partial charge is 0.457 e. The van der Waals surface area contributed by atoms with Crippen molar-refractivity contribution in [2.24, 2.45) is 0 Å². The van der Waals surface area contributed by atoms with Gasteiger partial charge in [0.2, 0.25) is 0 Å². The molecule has 0 radical (unpaired) electrons. The lowest BCUT2D eigenvalue weighted by molar-refractivity contribution is 0.480. The molecule has 1 aliphatic rings. The zero-order valence-electron chi connectivity index (χ0n) is 37.2. The molecule has 10 rings (SSSR count). The summed E-state index contributed by atoms with van der Waals surface area (Å²) in [4.78, 5) is 7.51. The quantitative estimate of drug-likeness (QED) is 0.137. The van der Waals surface area contributed by atoms with E-state index in [4.69, 9.17) is 20.0 Å². The standard InChI is InChI=1S/C58H51N5O/c1-38(2)48-25-18-26-49(39(3)4)57(48)52-37-62(61-60-52)45-33-42(56-40(5)19-16-20-41(56)6)34-47(36-45)64-46-24-17-21-43(35-46)58(55-31-14-15-32-59-55)50-27-10-12-29-53(50)63(44-22-8-7-9-23-44)54-30-13-11-28-51(54)58/h7-39H,1-6H3. The van der Waals surface area contributed by atoms with Crippen LogP contribution in [0.25, 0.3) is 28.1 Å². The third-order valence-electron chi connectivity index (χ3n) is 12.7. The first-order valence-electron chi connectivity index (χ1n) is 22.2. The molecule has 314 valence electrons. The number of nitrogens with zero attached hydrogens (tertiary/aromatic N) is 5. The molecular formula is C58H51N5O. The number of anilines is 3. The molecule has 0 amide bonds. The van der Waals surface area contributed by atoms with Gasteiger partial charge in [0, 0.05) is 23.5 Å². The Kier molecular flexibility index (Phi) is 10.5.